The molecule has 0 bridgehead atoms. The van der Waals surface area contributed by atoms with Crippen molar-refractivity contribution in [1.82, 2.24) is 15.0 Å². The maximum Gasteiger partial charge on any atom is 0.164 e. The van der Waals surface area contributed by atoms with Gasteiger partial charge < -0.3 is 0 Å². The lowest BCUT2D eigenvalue weighted by atomic mass is 9.80. The zero-order chi connectivity index (χ0) is 36.4. The second-order valence-electron chi connectivity index (χ2n) is 14.3. The van der Waals surface area contributed by atoms with Gasteiger partial charge in [0.05, 0.1) is 11.6 Å². The normalized spacial score (nSPS) is 12.8. The molecule has 5 heteroatoms. The Labute approximate surface area is 317 Å². The Kier molecular flexibility index (Phi) is 7.36. The quantitative estimate of drug-likeness (QED) is 0.179. The molecule has 0 radical (unpaired) electrons. The van der Waals surface area contributed by atoms with Crippen molar-refractivity contribution < 1.29 is 0 Å². The Balaban J connectivity index is 1.13. The third-order valence-electron chi connectivity index (χ3n) is 10.8. The van der Waals surface area contributed by atoms with Gasteiger partial charge in [-0.05, 0) is 74.8 Å². The minimum absolute atomic E-state index is 0.248. The molecule has 0 saturated carbocycles. The zero-order valence-electron chi connectivity index (χ0n) is 29.7. The summed E-state index contributed by atoms with van der Waals surface area (Å²) in [5, 5.41) is 12.2. The molecule has 4 nitrogen and oxygen atoms in total. The van der Waals surface area contributed by atoms with E-state index in [1.807, 2.05) is 78.1 Å². The first-order chi connectivity index (χ1) is 26.5. The predicted molar refractivity (Wildman–Crippen MR) is 222 cm³/mol. The molecule has 0 fully saturated rings. The molecule has 0 spiro atoms. The summed E-state index contributed by atoms with van der Waals surface area (Å²) >= 11 is 1.84. The molecule has 9 aromatic rings. The predicted octanol–water partition coefficient (Wildman–Crippen LogP) is 12.8. The molecule has 0 saturated heterocycles. The Hall–Kier alpha value is -6.74. The average Bonchev–Trinajstić information content (AvgIpc) is 3.72. The highest BCUT2D eigenvalue weighted by atomic mass is 32.1. The van der Waals surface area contributed by atoms with Gasteiger partial charge in [-0.3, -0.25) is 0 Å². The van der Waals surface area contributed by atoms with Crippen LogP contribution in [-0.2, 0) is 5.41 Å². The highest BCUT2D eigenvalue weighted by Crippen LogP contribution is 2.52. The first-order valence-corrected chi connectivity index (χ1v) is 18.9. The lowest BCUT2D eigenvalue weighted by molar-refractivity contribution is 0.660. The van der Waals surface area contributed by atoms with E-state index in [0.29, 0.717) is 23.0 Å². The van der Waals surface area contributed by atoms with Crippen LogP contribution in [0.1, 0.15) is 30.5 Å². The number of hydrogen-bond acceptors (Lipinski definition) is 5. The van der Waals surface area contributed by atoms with Crippen molar-refractivity contribution in [3.05, 3.63) is 174 Å². The number of thiophene rings is 1. The third kappa shape index (κ3) is 5.15. The molecular weight excluding hydrogens is 677 g/mol. The maximum absolute atomic E-state index is 9.70. The van der Waals surface area contributed by atoms with Gasteiger partial charge in [0.15, 0.2) is 17.5 Å². The highest BCUT2D eigenvalue weighted by molar-refractivity contribution is 7.26. The molecule has 1 aliphatic rings. The van der Waals surface area contributed by atoms with Crippen LogP contribution in [0.2, 0.25) is 0 Å². The van der Waals surface area contributed by atoms with E-state index >= 15 is 0 Å². The maximum atomic E-state index is 9.70. The minimum atomic E-state index is -0.248. The molecule has 7 aromatic carbocycles. The van der Waals surface area contributed by atoms with Crippen molar-refractivity contribution in [3.63, 3.8) is 0 Å². The molecule has 10 rings (SSSR count). The molecule has 0 atom stereocenters. The van der Waals surface area contributed by atoms with Crippen LogP contribution in [0.4, 0.5) is 0 Å². The summed E-state index contributed by atoms with van der Waals surface area (Å²) in [5.74, 6) is 1.92. The van der Waals surface area contributed by atoms with Gasteiger partial charge in [0.25, 0.3) is 0 Å². The van der Waals surface area contributed by atoms with Crippen molar-refractivity contribution in [2.45, 2.75) is 19.3 Å². The van der Waals surface area contributed by atoms with Crippen LogP contribution in [-0.4, -0.2) is 15.0 Å². The fraction of sp³-hybridized carbons (Fsp3) is 0.0612. The van der Waals surface area contributed by atoms with Gasteiger partial charge in [0.1, 0.15) is 0 Å². The van der Waals surface area contributed by atoms with Crippen LogP contribution >= 0.6 is 11.3 Å². The van der Waals surface area contributed by atoms with Crippen LogP contribution in [0, 0.1) is 11.3 Å². The zero-order valence-corrected chi connectivity index (χ0v) is 30.5. The standard InChI is InChI=1S/C49H32N4S/c1-49(2)40-27-30(29-50)17-23-37(40)38-24-22-35(28-41(38)49)44-36(25-26-43-45(44)39-15-9-10-16-42(39)54-43)31-18-20-34(21-19-31)48-52-46(32-11-5-3-6-12-32)51-47(53-48)33-13-7-4-8-14-33/h3-28H,1-2H3. The number of fused-ring (bicyclic) bond motifs is 6. The van der Waals surface area contributed by atoms with Crippen LogP contribution in [0.15, 0.2) is 158 Å². The van der Waals surface area contributed by atoms with Crippen LogP contribution < -0.4 is 0 Å². The number of nitrogens with zero attached hydrogens (tertiary/aromatic N) is 4. The van der Waals surface area contributed by atoms with Gasteiger partial charge >= 0.3 is 0 Å². The van der Waals surface area contributed by atoms with Crippen LogP contribution in [0.5, 0.6) is 0 Å². The Morgan fingerprint density at radius 2 is 1.00 bits per heavy atom. The van der Waals surface area contributed by atoms with Crippen LogP contribution in [0.3, 0.4) is 0 Å². The second-order valence-corrected chi connectivity index (χ2v) is 15.4. The minimum Gasteiger partial charge on any atom is -0.208 e. The van der Waals surface area contributed by atoms with Gasteiger partial charge in [0.2, 0.25) is 0 Å². The summed E-state index contributed by atoms with van der Waals surface area (Å²) in [5.41, 5.74) is 12.9. The molecule has 0 N–H and O–H groups in total. The fourth-order valence-corrected chi connectivity index (χ4v) is 9.17. The number of hydrogen-bond donors (Lipinski definition) is 0. The van der Waals surface area contributed by atoms with Crippen molar-refractivity contribution in [2.24, 2.45) is 0 Å². The van der Waals surface area contributed by atoms with E-state index in [2.05, 4.69) is 111 Å². The lowest BCUT2D eigenvalue weighted by Gasteiger charge is -2.23. The number of nitriles is 1. The Morgan fingerprint density at radius 1 is 0.481 bits per heavy atom. The monoisotopic (exact) mass is 708 g/mol. The van der Waals surface area contributed by atoms with Crippen molar-refractivity contribution in [3.8, 4) is 73.6 Å². The van der Waals surface area contributed by atoms with E-state index in [1.54, 1.807) is 0 Å². The van der Waals surface area contributed by atoms with Crippen molar-refractivity contribution in [2.75, 3.05) is 0 Å². The van der Waals surface area contributed by atoms with Crippen molar-refractivity contribution >= 4 is 31.5 Å². The van der Waals surface area contributed by atoms with Gasteiger partial charge in [-0.15, -0.1) is 11.3 Å². The van der Waals surface area contributed by atoms with E-state index in [9.17, 15) is 5.26 Å². The largest absolute Gasteiger partial charge is 0.208 e. The SMILES string of the molecule is CC1(C)c2cc(C#N)ccc2-c2ccc(-c3c(-c4ccc(-c5nc(-c6ccccc6)nc(-c6ccccc6)n5)cc4)ccc4sc5ccccc5c34)cc21. The lowest BCUT2D eigenvalue weighted by Crippen LogP contribution is -2.15. The number of rotatable bonds is 5. The first-order valence-electron chi connectivity index (χ1n) is 18.1. The molecular formula is C49H32N4S. The van der Waals surface area contributed by atoms with Gasteiger partial charge in [-0.1, -0.05) is 141 Å². The van der Waals surface area contributed by atoms with Crippen LogP contribution in [0.25, 0.3) is 87.7 Å². The summed E-state index contributed by atoms with van der Waals surface area (Å²) in [4.78, 5) is 14.8. The topological polar surface area (TPSA) is 62.5 Å². The van der Waals surface area contributed by atoms with Gasteiger partial charge in [-0.25, -0.2) is 15.0 Å². The van der Waals surface area contributed by atoms with E-state index in [1.165, 1.54) is 59.1 Å². The van der Waals surface area contributed by atoms with Gasteiger partial charge in [0, 0.05) is 42.3 Å². The van der Waals surface area contributed by atoms with Crippen molar-refractivity contribution in [1.29, 1.82) is 5.26 Å². The molecule has 2 aromatic heterocycles. The summed E-state index contributed by atoms with van der Waals surface area (Å²) in [6, 6.07) is 57.5. The highest BCUT2D eigenvalue weighted by Gasteiger charge is 2.36. The van der Waals surface area contributed by atoms with E-state index in [0.717, 1.165) is 22.3 Å². The average molecular weight is 709 g/mol. The van der Waals surface area contributed by atoms with E-state index in [-0.39, 0.29) is 5.41 Å². The first kappa shape index (κ1) is 32.0. The molecule has 1 aliphatic carbocycles. The number of benzene rings is 7. The fourth-order valence-electron chi connectivity index (χ4n) is 8.06. The Morgan fingerprint density at radius 3 is 1.65 bits per heavy atom. The Bertz CT molecular complexity index is 2900. The molecule has 2 heterocycles. The summed E-state index contributed by atoms with van der Waals surface area (Å²) in [6.07, 6.45) is 0. The molecule has 0 unspecified atom stereocenters. The second kappa shape index (κ2) is 12.4. The van der Waals surface area contributed by atoms with E-state index in [4.69, 9.17) is 15.0 Å². The summed E-state index contributed by atoms with van der Waals surface area (Å²) in [6.45, 7) is 4.55. The molecule has 254 valence electrons. The molecule has 0 amide bonds. The van der Waals surface area contributed by atoms with E-state index < -0.39 is 0 Å². The molecule has 0 aliphatic heterocycles. The third-order valence-corrected chi connectivity index (χ3v) is 11.9. The smallest absolute Gasteiger partial charge is 0.164 e. The molecule has 54 heavy (non-hydrogen) atoms. The number of aromatic nitrogens is 3. The van der Waals surface area contributed by atoms with Gasteiger partial charge in [-0.2, -0.15) is 5.26 Å². The summed E-state index contributed by atoms with van der Waals surface area (Å²) < 4.78 is 2.54. The summed E-state index contributed by atoms with van der Waals surface area (Å²) in [7, 11) is 0.